The van der Waals surface area contributed by atoms with Crippen LogP contribution < -0.4 is 0 Å². The molecule has 0 unspecified atom stereocenters. The van der Waals surface area contributed by atoms with Crippen LogP contribution in [0, 0.1) is 17.3 Å². The van der Waals surface area contributed by atoms with Gasteiger partial charge in [-0.15, -0.1) is 0 Å². The highest BCUT2D eigenvalue weighted by atomic mass is 16.6. The number of hydrogen-bond donors (Lipinski definition) is 0. The first-order valence-corrected chi connectivity index (χ1v) is 6.60. The van der Waals surface area contributed by atoms with Crippen molar-refractivity contribution in [1.29, 1.82) is 0 Å². The molecule has 0 heterocycles. The number of ether oxygens (including phenoxy) is 1. The van der Waals surface area contributed by atoms with Crippen LogP contribution in [0.1, 0.15) is 59.8 Å². The molecule has 17 heavy (non-hydrogen) atoms. The van der Waals surface area contributed by atoms with E-state index in [4.69, 9.17) is 4.74 Å². The summed E-state index contributed by atoms with van der Waals surface area (Å²) in [5.74, 6) is -0.0546. The topological polar surface area (TPSA) is 43.4 Å². The van der Waals surface area contributed by atoms with E-state index in [9.17, 15) is 9.59 Å². The third-order valence-corrected chi connectivity index (χ3v) is 3.56. The van der Waals surface area contributed by atoms with Crippen LogP contribution >= 0.6 is 0 Å². The van der Waals surface area contributed by atoms with Crippen LogP contribution in [0.2, 0.25) is 0 Å². The van der Waals surface area contributed by atoms with Crippen LogP contribution in [-0.4, -0.2) is 11.9 Å². The summed E-state index contributed by atoms with van der Waals surface area (Å²) in [5.41, 5.74) is -0.601. The number of esters is 2. The van der Waals surface area contributed by atoms with Crippen molar-refractivity contribution >= 4 is 11.9 Å². The summed E-state index contributed by atoms with van der Waals surface area (Å²) in [6.07, 6.45) is 5.09. The minimum Gasteiger partial charge on any atom is -0.393 e. The van der Waals surface area contributed by atoms with Gasteiger partial charge in [-0.1, -0.05) is 13.3 Å². The van der Waals surface area contributed by atoms with Crippen LogP contribution in [0.5, 0.6) is 0 Å². The molecule has 3 heteroatoms. The first-order valence-electron chi connectivity index (χ1n) is 6.60. The van der Waals surface area contributed by atoms with Crippen LogP contribution in [0.25, 0.3) is 0 Å². The predicted molar refractivity (Wildman–Crippen MR) is 66.3 cm³/mol. The first kappa shape index (κ1) is 14.2. The van der Waals surface area contributed by atoms with Gasteiger partial charge in [0.15, 0.2) is 0 Å². The number of hydrogen-bond acceptors (Lipinski definition) is 3. The lowest BCUT2D eigenvalue weighted by Gasteiger charge is -2.26. The Kier molecular flexibility index (Phi) is 4.72. The van der Waals surface area contributed by atoms with E-state index in [-0.39, 0.29) is 11.9 Å². The van der Waals surface area contributed by atoms with Crippen molar-refractivity contribution in [2.75, 3.05) is 0 Å². The minimum atomic E-state index is -0.601. The summed E-state index contributed by atoms with van der Waals surface area (Å²) in [6.45, 7) is 7.47. The highest BCUT2D eigenvalue weighted by Gasteiger charge is 2.31. The molecule has 0 N–H and O–H groups in total. The second-order valence-electron chi connectivity index (χ2n) is 6.08. The summed E-state index contributed by atoms with van der Waals surface area (Å²) in [5, 5.41) is 0. The first-order chi connectivity index (χ1) is 7.84. The maximum atomic E-state index is 11.8. The Balaban J connectivity index is 2.42. The summed E-state index contributed by atoms with van der Waals surface area (Å²) in [4.78, 5) is 23.4. The lowest BCUT2D eigenvalue weighted by Crippen LogP contribution is -2.31. The Labute approximate surface area is 104 Å². The Morgan fingerprint density at radius 2 is 1.65 bits per heavy atom. The fourth-order valence-electron chi connectivity index (χ4n) is 2.13. The standard InChI is InChI=1S/C14H24O3/c1-5-10-6-8-11(9-7-10)12(15)17-13(16)14(2,3)4/h10-11H,5-9H2,1-4H3. The molecule has 0 radical (unpaired) electrons. The van der Waals surface area contributed by atoms with Crippen molar-refractivity contribution in [3.05, 3.63) is 0 Å². The average Bonchev–Trinajstić information content (AvgIpc) is 2.27. The summed E-state index contributed by atoms with van der Waals surface area (Å²) < 4.78 is 4.95. The molecule has 0 aromatic carbocycles. The van der Waals surface area contributed by atoms with E-state index < -0.39 is 11.4 Å². The molecule has 0 atom stereocenters. The molecule has 98 valence electrons. The fourth-order valence-corrected chi connectivity index (χ4v) is 2.13. The van der Waals surface area contributed by atoms with Gasteiger partial charge < -0.3 is 4.74 Å². The highest BCUT2D eigenvalue weighted by Crippen LogP contribution is 2.31. The van der Waals surface area contributed by atoms with Gasteiger partial charge in [-0.05, 0) is 52.4 Å². The third kappa shape index (κ3) is 4.14. The van der Waals surface area contributed by atoms with E-state index in [1.807, 2.05) is 0 Å². The third-order valence-electron chi connectivity index (χ3n) is 3.56. The Morgan fingerprint density at radius 1 is 1.12 bits per heavy atom. The SMILES string of the molecule is CCC1CCC(C(=O)OC(=O)C(C)(C)C)CC1. The normalized spacial score (nSPS) is 25.4. The molecule has 1 aliphatic rings. The zero-order valence-corrected chi connectivity index (χ0v) is 11.4. The molecule has 0 saturated heterocycles. The molecule has 0 amide bonds. The molecule has 0 aromatic rings. The molecule has 0 aliphatic heterocycles. The van der Waals surface area contributed by atoms with Crippen molar-refractivity contribution in [2.45, 2.75) is 59.8 Å². The van der Waals surface area contributed by atoms with Gasteiger partial charge >= 0.3 is 11.9 Å². The largest absolute Gasteiger partial charge is 0.393 e. The Morgan fingerprint density at radius 3 is 2.06 bits per heavy atom. The quantitative estimate of drug-likeness (QED) is 0.549. The van der Waals surface area contributed by atoms with Gasteiger partial charge in [0.1, 0.15) is 0 Å². The lowest BCUT2D eigenvalue weighted by molar-refractivity contribution is -0.169. The van der Waals surface area contributed by atoms with Gasteiger partial charge in [-0.25, -0.2) is 0 Å². The zero-order chi connectivity index (χ0) is 13.1. The van der Waals surface area contributed by atoms with Gasteiger partial charge in [-0.2, -0.15) is 0 Å². The van der Waals surface area contributed by atoms with E-state index in [2.05, 4.69) is 6.92 Å². The second-order valence-corrected chi connectivity index (χ2v) is 6.08. The fraction of sp³-hybridized carbons (Fsp3) is 0.857. The van der Waals surface area contributed by atoms with Crippen LogP contribution in [0.4, 0.5) is 0 Å². The maximum absolute atomic E-state index is 11.8. The van der Waals surface area contributed by atoms with Crippen molar-refractivity contribution < 1.29 is 14.3 Å². The molecule has 1 saturated carbocycles. The number of carbonyl (C=O) groups excluding carboxylic acids is 2. The van der Waals surface area contributed by atoms with E-state index in [1.54, 1.807) is 20.8 Å². The van der Waals surface area contributed by atoms with E-state index in [0.29, 0.717) is 0 Å². The predicted octanol–water partition coefficient (Wildman–Crippen LogP) is 3.32. The molecule has 3 nitrogen and oxygen atoms in total. The molecule has 0 spiro atoms. The maximum Gasteiger partial charge on any atom is 0.318 e. The van der Waals surface area contributed by atoms with Crippen LogP contribution in [-0.2, 0) is 14.3 Å². The van der Waals surface area contributed by atoms with Gasteiger partial charge in [0.05, 0.1) is 11.3 Å². The smallest absolute Gasteiger partial charge is 0.318 e. The van der Waals surface area contributed by atoms with E-state index in [1.165, 1.54) is 6.42 Å². The van der Waals surface area contributed by atoms with Gasteiger partial charge in [-0.3, -0.25) is 9.59 Å². The molecule has 1 aliphatic carbocycles. The minimum absolute atomic E-state index is 0.0656. The van der Waals surface area contributed by atoms with E-state index in [0.717, 1.165) is 31.6 Å². The van der Waals surface area contributed by atoms with Crippen molar-refractivity contribution in [2.24, 2.45) is 17.3 Å². The van der Waals surface area contributed by atoms with Crippen molar-refractivity contribution in [3.8, 4) is 0 Å². The van der Waals surface area contributed by atoms with Gasteiger partial charge in [0, 0.05) is 0 Å². The van der Waals surface area contributed by atoms with Crippen molar-refractivity contribution in [1.82, 2.24) is 0 Å². The monoisotopic (exact) mass is 240 g/mol. The van der Waals surface area contributed by atoms with Gasteiger partial charge in [0.25, 0.3) is 0 Å². The molecule has 0 bridgehead atoms. The van der Waals surface area contributed by atoms with Crippen molar-refractivity contribution in [3.63, 3.8) is 0 Å². The summed E-state index contributed by atoms with van der Waals surface area (Å²) in [6, 6.07) is 0. The average molecular weight is 240 g/mol. The van der Waals surface area contributed by atoms with Crippen LogP contribution in [0.3, 0.4) is 0 Å². The number of carbonyl (C=O) groups is 2. The molecule has 0 aromatic heterocycles. The van der Waals surface area contributed by atoms with Gasteiger partial charge in [0.2, 0.25) is 0 Å². The summed E-state index contributed by atoms with van der Waals surface area (Å²) in [7, 11) is 0. The second kappa shape index (κ2) is 5.65. The Hall–Kier alpha value is -0.860. The molecular formula is C14H24O3. The van der Waals surface area contributed by atoms with E-state index >= 15 is 0 Å². The highest BCUT2D eigenvalue weighted by molar-refractivity contribution is 5.89. The lowest BCUT2D eigenvalue weighted by atomic mass is 9.81. The van der Waals surface area contributed by atoms with Crippen LogP contribution in [0.15, 0.2) is 0 Å². The number of rotatable bonds is 2. The molecule has 1 fully saturated rings. The molecular weight excluding hydrogens is 216 g/mol. The zero-order valence-electron chi connectivity index (χ0n) is 11.4. The molecule has 1 rings (SSSR count). The Bertz CT molecular complexity index is 280. The summed E-state index contributed by atoms with van der Waals surface area (Å²) >= 11 is 0.